The number of hydrogen-bond donors (Lipinski definition) is 2. The van der Waals surface area contributed by atoms with E-state index in [-0.39, 0.29) is 12.3 Å². The third-order valence-corrected chi connectivity index (χ3v) is 3.87. The third-order valence-electron chi connectivity index (χ3n) is 3.87. The molecule has 0 spiro atoms. The van der Waals surface area contributed by atoms with Gasteiger partial charge in [0, 0.05) is 23.0 Å². The van der Waals surface area contributed by atoms with Crippen LogP contribution in [0.25, 0.3) is 22.7 Å². The number of nitrogens with zero attached hydrogens (tertiary/aromatic N) is 2. The molecule has 2 aromatic heterocycles. The minimum Gasteiger partial charge on any atom is -0.444 e. The molecular weight excluding hydrogens is 328 g/mol. The molecule has 0 fully saturated rings. The molecule has 26 heavy (non-hydrogen) atoms. The van der Waals surface area contributed by atoms with E-state index >= 15 is 0 Å². The predicted octanol–water partition coefficient (Wildman–Crippen LogP) is 3.91. The lowest BCUT2D eigenvalue weighted by Crippen LogP contribution is -2.14. The first-order valence-corrected chi connectivity index (χ1v) is 8.17. The number of amides is 1. The van der Waals surface area contributed by atoms with Crippen molar-refractivity contribution in [3.63, 3.8) is 0 Å². The van der Waals surface area contributed by atoms with Gasteiger partial charge >= 0.3 is 0 Å². The average molecular weight is 344 g/mol. The number of nitrogens with one attached hydrogen (secondary N) is 2. The van der Waals surface area contributed by atoms with E-state index < -0.39 is 0 Å². The summed E-state index contributed by atoms with van der Waals surface area (Å²) in [7, 11) is 0. The van der Waals surface area contributed by atoms with Crippen LogP contribution in [-0.2, 0) is 11.2 Å². The Morgan fingerprint density at radius 3 is 2.69 bits per heavy atom. The van der Waals surface area contributed by atoms with Crippen LogP contribution in [0.5, 0.6) is 0 Å². The van der Waals surface area contributed by atoms with Gasteiger partial charge in [-0.25, -0.2) is 4.98 Å². The summed E-state index contributed by atoms with van der Waals surface area (Å²) in [6.45, 7) is 0. The topological polar surface area (TPSA) is 83.8 Å². The number of hydrogen-bond acceptors (Lipinski definition) is 4. The fourth-order valence-corrected chi connectivity index (χ4v) is 2.65. The van der Waals surface area contributed by atoms with Crippen LogP contribution in [0.4, 0.5) is 5.69 Å². The minimum absolute atomic E-state index is 0.143. The van der Waals surface area contributed by atoms with Gasteiger partial charge < -0.3 is 9.73 Å². The van der Waals surface area contributed by atoms with Crippen LogP contribution < -0.4 is 5.32 Å². The Balaban J connectivity index is 1.43. The van der Waals surface area contributed by atoms with Gasteiger partial charge in [0.1, 0.15) is 6.26 Å². The van der Waals surface area contributed by atoms with Gasteiger partial charge in [-0.15, -0.1) is 0 Å². The van der Waals surface area contributed by atoms with Gasteiger partial charge in [0.2, 0.25) is 11.8 Å². The normalized spacial score (nSPS) is 10.6. The molecule has 0 bridgehead atoms. The summed E-state index contributed by atoms with van der Waals surface area (Å²) >= 11 is 0. The van der Waals surface area contributed by atoms with Crippen molar-refractivity contribution in [2.24, 2.45) is 0 Å². The molecule has 128 valence electrons. The molecule has 0 saturated carbocycles. The molecule has 4 aromatic rings. The zero-order valence-electron chi connectivity index (χ0n) is 13.8. The highest BCUT2D eigenvalue weighted by Crippen LogP contribution is 2.21. The van der Waals surface area contributed by atoms with Gasteiger partial charge in [0.15, 0.2) is 0 Å². The van der Waals surface area contributed by atoms with Crippen LogP contribution in [0.15, 0.2) is 77.5 Å². The smallest absolute Gasteiger partial charge is 0.230 e. The number of aromatic amines is 1. The van der Waals surface area contributed by atoms with Crippen molar-refractivity contribution in [2.45, 2.75) is 6.42 Å². The largest absolute Gasteiger partial charge is 0.444 e. The van der Waals surface area contributed by atoms with Crippen molar-refractivity contribution in [3.05, 3.63) is 78.8 Å². The Morgan fingerprint density at radius 1 is 1.04 bits per heavy atom. The average Bonchev–Trinajstić information content (AvgIpc) is 3.35. The van der Waals surface area contributed by atoms with Crippen molar-refractivity contribution in [3.8, 4) is 22.7 Å². The maximum atomic E-state index is 12.3. The number of oxazole rings is 1. The summed E-state index contributed by atoms with van der Waals surface area (Å²) < 4.78 is 5.47. The second kappa shape index (κ2) is 7.06. The Kier molecular flexibility index (Phi) is 4.30. The lowest BCUT2D eigenvalue weighted by atomic mass is 10.1. The predicted molar refractivity (Wildman–Crippen MR) is 98.3 cm³/mol. The molecule has 0 unspecified atom stereocenters. The molecule has 2 heterocycles. The van der Waals surface area contributed by atoms with Crippen molar-refractivity contribution in [1.82, 2.24) is 15.2 Å². The molecule has 0 saturated heterocycles. The molecule has 2 N–H and O–H groups in total. The van der Waals surface area contributed by atoms with Gasteiger partial charge in [-0.2, -0.15) is 5.10 Å². The van der Waals surface area contributed by atoms with Crippen LogP contribution >= 0.6 is 0 Å². The zero-order chi connectivity index (χ0) is 17.8. The molecule has 4 rings (SSSR count). The van der Waals surface area contributed by atoms with Crippen LogP contribution in [-0.4, -0.2) is 21.1 Å². The summed E-state index contributed by atoms with van der Waals surface area (Å²) in [5, 5.41) is 9.74. The van der Waals surface area contributed by atoms with Gasteiger partial charge in [-0.3, -0.25) is 9.89 Å². The number of H-pyrrole nitrogens is 1. The number of rotatable bonds is 5. The molecule has 0 aliphatic rings. The van der Waals surface area contributed by atoms with E-state index in [9.17, 15) is 4.79 Å². The zero-order valence-corrected chi connectivity index (χ0v) is 13.8. The van der Waals surface area contributed by atoms with Crippen molar-refractivity contribution >= 4 is 11.6 Å². The van der Waals surface area contributed by atoms with E-state index in [2.05, 4.69) is 20.5 Å². The maximum Gasteiger partial charge on any atom is 0.230 e. The van der Waals surface area contributed by atoms with Crippen molar-refractivity contribution in [1.29, 1.82) is 0 Å². The first-order valence-electron chi connectivity index (χ1n) is 8.17. The maximum absolute atomic E-state index is 12.3. The first-order chi connectivity index (χ1) is 12.8. The lowest BCUT2D eigenvalue weighted by Gasteiger charge is -2.05. The Labute approximate surface area is 149 Å². The highest BCUT2D eigenvalue weighted by atomic mass is 16.3. The van der Waals surface area contributed by atoms with Crippen LogP contribution in [0.1, 0.15) is 5.69 Å². The SMILES string of the molecule is O=C(Cc1coc(-c2ccccc2)n1)Nc1cccc(-c2ccn[nH]2)c1. The van der Waals surface area contributed by atoms with Crippen molar-refractivity contribution in [2.75, 3.05) is 5.32 Å². The molecular formula is C20H16N4O2. The van der Waals surface area contributed by atoms with Crippen LogP contribution in [0.3, 0.4) is 0 Å². The minimum atomic E-state index is -0.153. The van der Waals surface area contributed by atoms with Crippen LogP contribution in [0.2, 0.25) is 0 Å². The first kappa shape index (κ1) is 15.8. The van der Waals surface area contributed by atoms with E-state index in [1.54, 1.807) is 6.20 Å². The Hall–Kier alpha value is -3.67. The highest BCUT2D eigenvalue weighted by Gasteiger charge is 2.11. The molecule has 0 atom stereocenters. The Bertz CT molecular complexity index is 1010. The number of carbonyl (C=O) groups excluding carboxylic acids is 1. The molecule has 1 amide bonds. The second-order valence-electron chi connectivity index (χ2n) is 5.79. The van der Waals surface area contributed by atoms with Crippen molar-refractivity contribution < 1.29 is 9.21 Å². The third kappa shape index (κ3) is 3.54. The highest BCUT2D eigenvalue weighted by molar-refractivity contribution is 5.92. The Morgan fingerprint density at radius 2 is 1.88 bits per heavy atom. The summed E-state index contributed by atoms with van der Waals surface area (Å²) in [5.74, 6) is 0.356. The summed E-state index contributed by atoms with van der Waals surface area (Å²) in [5.41, 5.74) is 4.03. The monoisotopic (exact) mass is 344 g/mol. The van der Waals surface area contributed by atoms with E-state index in [0.29, 0.717) is 17.3 Å². The number of anilines is 1. The fourth-order valence-electron chi connectivity index (χ4n) is 2.65. The standard InChI is InChI=1S/C20H16N4O2/c25-19(12-17-13-26-20(23-17)14-5-2-1-3-6-14)22-16-8-4-7-15(11-16)18-9-10-21-24-18/h1-11,13H,12H2,(H,21,24)(H,22,25). The summed E-state index contributed by atoms with van der Waals surface area (Å²) in [6, 6.07) is 19.0. The molecule has 6 nitrogen and oxygen atoms in total. The summed E-state index contributed by atoms with van der Waals surface area (Å²) in [6.07, 6.45) is 3.35. The van der Waals surface area contributed by atoms with E-state index in [4.69, 9.17) is 4.42 Å². The van der Waals surface area contributed by atoms with Gasteiger partial charge in [0.05, 0.1) is 17.8 Å². The number of carbonyl (C=O) groups is 1. The quantitative estimate of drug-likeness (QED) is 0.575. The molecule has 0 radical (unpaired) electrons. The van der Waals surface area contributed by atoms with Gasteiger partial charge in [-0.1, -0.05) is 30.3 Å². The number of benzene rings is 2. The molecule has 6 heteroatoms. The van der Waals surface area contributed by atoms with E-state index in [1.165, 1.54) is 6.26 Å². The number of aromatic nitrogens is 3. The van der Waals surface area contributed by atoms with Gasteiger partial charge in [0.25, 0.3) is 0 Å². The fraction of sp³-hybridized carbons (Fsp3) is 0.0500. The van der Waals surface area contributed by atoms with E-state index in [0.717, 1.165) is 16.8 Å². The molecule has 0 aliphatic carbocycles. The second-order valence-corrected chi connectivity index (χ2v) is 5.79. The lowest BCUT2D eigenvalue weighted by molar-refractivity contribution is -0.115. The van der Waals surface area contributed by atoms with Crippen LogP contribution in [0, 0.1) is 0 Å². The van der Waals surface area contributed by atoms with Gasteiger partial charge in [-0.05, 0) is 30.3 Å². The summed E-state index contributed by atoms with van der Waals surface area (Å²) in [4.78, 5) is 16.7. The van der Waals surface area contributed by atoms with E-state index in [1.807, 2.05) is 60.7 Å². The molecule has 0 aliphatic heterocycles. The molecule has 2 aromatic carbocycles.